The maximum Gasteiger partial charge on any atom is 0.251 e. The van der Waals surface area contributed by atoms with Gasteiger partial charge < -0.3 is 5.32 Å². The summed E-state index contributed by atoms with van der Waals surface area (Å²) in [6.45, 7) is 4.92. The minimum absolute atomic E-state index is 0.0902. The summed E-state index contributed by atoms with van der Waals surface area (Å²) in [7, 11) is 3.64. The molecule has 1 aliphatic rings. The quantitative estimate of drug-likeness (QED) is 0.558. The number of aromatic nitrogens is 3. The van der Waals surface area contributed by atoms with Crippen LogP contribution in [0.4, 0.5) is 0 Å². The second-order valence-corrected chi connectivity index (χ2v) is 8.72. The van der Waals surface area contributed by atoms with E-state index >= 15 is 0 Å². The van der Waals surface area contributed by atoms with Crippen LogP contribution in [0.1, 0.15) is 63.1 Å². The van der Waals surface area contributed by atoms with Crippen molar-refractivity contribution in [2.75, 3.05) is 14.1 Å². The summed E-state index contributed by atoms with van der Waals surface area (Å²) >= 11 is 0. The van der Waals surface area contributed by atoms with Crippen LogP contribution in [0.25, 0.3) is 11.3 Å². The second-order valence-electron chi connectivity index (χ2n) is 8.72. The second kappa shape index (κ2) is 9.04. The summed E-state index contributed by atoms with van der Waals surface area (Å²) in [5, 5.41) is 10.3. The number of nitrogens with one attached hydrogen (secondary N) is 2. The lowest BCUT2D eigenvalue weighted by Crippen LogP contribution is -2.23. The molecule has 2 heterocycles. The number of aromatic amines is 1. The first-order valence-electron chi connectivity index (χ1n) is 10.9. The Morgan fingerprint density at radius 2 is 2.06 bits per heavy atom. The molecule has 2 atom stereocenters. The third kappa shape index (κ3) is 4.21. The van der Waals surface area contributed by atoms with Crippen LogP contribution >= 0.6 is 0 Å². The molecule has 1 aliphatic carbocycles. The lowest BCUT2D eigenvalue weighted by atomic mass is 10.0. The molecule has 0 aliphatic heterocycles. The van der Waals surface area contributed by atoms with Crippen LogP contribution in [0.2, 0.25) is 0 Å². The Morgan fingerprint density at radius 1 is 1.31 bits per heavy atom. The van der Waals surface area contributed by atoms with E-state index in [2.05, 4.69) is 39.2 Å². The zero-order valence-corrected chi connectivity index (χ0v) is 19.0. The van der Waals surface area contributed by atoms with Crippen LogP contribution in [-0.2, 0) is 19.4 Å². The maximum atomic E-state index is 11.8. The van der Waals surface area contributed by atoms with Gasteiger partial charge in [0.2, 0.25) is 0 Å². The van der Waals surface area contributed by atoms with Gasteiger partial charge in [-0.25, -0.2) is 0 Å². The van der Waals surface area contributed by atoms with Crippen molar-refractivity contribution in [3.8, 4) is 11.3 Å². The highest BCUT2D eigenvalue weighted by Gasteiger charge is 2.25. The number of hydrogen-bond acceptors (Lipinski definition) is 5. The number of carbonyl (C=O) groups is 2. The molecule has 166 valence electrons. The van der Waals surface area contributed by atoms with Gasteiger partial charge in [0.05, 0.1) is 5.69 Å². The van der Waals surface area contributed by atoms with Crippen molar-refractivity contribution in [2.45, 2.75) is 39.3 Å². The van der Waals surface area contributed by atoms with E-state index in [1.807, 2.05) is 37.4 Å². The average Bonchev–Trinajstić information content (AvgIpc) is 3.37. The smallest absolute Gasteiger partial charge is 0.251 e. The molecule has 1 unspecified atom stereocenters. The first-order chi connectivity index (χ1) is 15.4. The van der Waals surface area contributed by atoms with Crippen molar-refractivity contribution in [1.29, 1.82) is 0 Å². The molecule has 32 heavy (non-hydrogen) atoms. The van der Waals surface area contributed by atoms with Gasteiger partial charge in [-0.05, 0) is 62.1 Å². The number of benzene rings is 1. The topological polar surface area (TPSA) is 91.0 Å². The van der Waals surface area contributed by atoms with Crippen molar-refractivity contribution in [1.82, 2.24) is 25.4 Å². The maximum absolute atomic E-state index is 11.8. The number of rotatable bonds is 7. The number of pyridine rings is 1. The van der Waals surface area contributed by atoms with Gasteiger partial charge in [0, 0.05) is 48.2 Å². The summed E-state index contributed by atoms with van der Waals surface area (Å²) in [6.07, 6.45) is 4.59. The van der Waals surface area contributed by atoms with Crippen LogP contribution in [0.5, 0.6) is 0 Å². The Hall–Kier alpha value is -3.32. The molecule has 1 amide bonds. The van der Waals surface area contributed by atoms with E-state index in [0.29, 0.717) is 23.7 Å². The zero-order valence-electron chi connectivity index (χ0n) is 19.0. The minimum atomic E-state index is -0.102. The van der Waals surface area contributed by atoms with E-state index in [9.17, 15) is 9.59 Å². The normalized spacial score (nSPS) is 16.1. The highest BCUT2D eigenvalue weighted by atomic mass is 16.1. The third-order valence-corrected chi connectivity index (χ3v) is 6.41. The van der Waals surface area contributed by atoms with Crippen LogP contribution in [0.3, 0.4) is 0 Å². The average molecular weight is 432 g/mol. The molecule has 0 fully saturated rings. The number of nitrogens with zero attached hydrogens (tertiary/aromatic N) is 3. The summed E-state index contributed by atoms with van der Waals surface area (Å²) in [4.78, 5) is 30.1. The van der Waals surface area contributed by atoms with Gasteiger partial charge in [0.1, 0.15) is 5.69 Å². The van der Waals surface area contributed by atoms with Gasteiger partial charge >= 0.3 is 0 Å². The van der Waals surface area contributed by atoms with E-state index in [0.717, 1.165) is 41.5 Å². The monoisotopic (exact) mass is 431 g/mol. The largest absolute Gasteiger partial charge is 0.355 e. The Bertz CT molecular complexity index is 1140. The van der Waals surface area contributed by atoms with E-state index in [4.69, 9.17) is 0 Å². The highest BCUT2D eigenvalue weighted by Crippen LogP contribution is 2.33. The molecule has 1 aromatic carbocycles. The van der Waals surface area contributed by atoms with E-state index in [-0.39, 0.29) is 11.9 Å². The van der Waals surface area contributed by atoms with Crippen molar-refractivity contribution in [3.05, 3.63) is 70.2 Å². The molecule has 0 saturated carbocycles. The van der Waals surface area contributed by atoms with Gasteiger partial charge in [0.25, 0.3) is 5.91 Å². The fraction of sp³-hybridized carbons (Fsp3) is 0.360. The molecular formula is C25H29N5O2. The molecule has 2 N–H and O–H groups in total. The molecule has 7 nitrogen and oxygen atoms in total. The molecule has 0 saturated heterocycles. The van der Waals surface area contributed by atoms with Crippen LogP contribution in [0, 0.1) is 5.92 Å². The van der Waals surface area contributed by atoms with Gasteiger partial charge in [0.15, 0.2) is 6.29 Å². The molecule has 4 rings (SSSR count). The zero-order chi connectivity index (χ0) is 22.8. The standard InChI is InChI=1S/C25H29N5O2/c1-15-9-21-22(10-15)28-29-24(21)19-11-20(23(14-31)27-12-19)13-30(4)16(2)17-5-7-18(8-6-17)25(32)26-3/h5-8,11-12,14-16H,9-10,13H2,1-4H3,(H,26,32)(H,28,29)/t15-,16?/m0/s1. The Kier molecular flexibility index (Phi) is 6.19. The van der Waals surface area contributed by atoms with Crippen molar-refractivity contribution in [2.24, 2.45) is 5.92 Å². The third-order valence-electron chi connectivity index (χ3n) is 6.41. The van der Waals surface area contributed by atoms with Crippen molar-refractivity contribution < 1.29 is 9.59 Å². The van der Waals surface area contributed by atoms with Gasteiger partial charge in [-0.2, -0.15) is 5.10 Å². The van der Waals surface area contributed by atoms with Crippen LogP contribution < -0.4 is 5.32 Å². The molecule has 0 bridgehead atoms. The van der Waals surface area contributed by atoms with Crippen LogP contribution in [0.15, 0.2) is 36.5 Å². The predicted octanol–water partition coefficient (Wildman–Crippen LogP) is 3.57. The minimum Gasteiger partial charge on any atom is -0.355 e. The van der Waals surface area contributed by atoms with Crippen molar-refractivity contribution in [3.63, 3.8) is 0 Å². The highest BCUT2D eigenvalue weighted by molar-refractivity contribution is 5.93. The summed E-state index contributed by atoms with van der Waals surface area (Å²) < 4.78 is 0. The Morgan fingerprint density at radius 3 is 2.75 bits per heavy atom. The molecule has 3 aromatic rings. The molecule has 0 spiro atoms. The predicted molar refractivity (Wildman–Crippen MR) is 123 cm³/mol. The number of fused-ring (bicyclic) bond motifs is 1. The van der Waals surface area contributed by atoms with E-state index < -0.39 is 0 Å². The molecule has 2 aromatic heterocycles. The van der Waals surface area contributed by atoms with E-state index in [1.54, 1.807) is 13.2 Å². The molecule has 7 heteroatoms. The van der Waals surface area contributed by atoms with Gasteiger partial charge in [-0.1, -0.05) is 19.1 Å². The SMILES string of the molecule is CNC(=O)c1ccc(C(C)N(C)Cc2cc(-c3n[nH]c4c3C[C@H](C)C4)cnc2C=O)cc1. The first kappa shape index (κ1) is 21.9. The molecule has 0 radical (unpaired) electrons. The van der Waals surface area contributed by atoms with Gasteiger partial charge in [-0.15, -0.1) is 0 Å². The summed E-state index contributed by atoms with van der Waals surface area (Å²) in [5.41, 5.74) is 7.40. The number of carbonyl (C=O) groups excluding carboxylic acids is 2. The van der Waals surface area contributed by atoms with E-state index in [1.165, 1.54) is 11.3 Å². The van der Waals surface area contributed by atoms with Gasteiger partial charge in [-0.3, -0.25) is 24.6 Å². The number of hydrogen-bond donors (Lipinski definition) is 2. The first-order valence-corrected chi connectivity index (χ1v) is 10.9. The van der Waals surface area contributed by atoms with Crippen LogP contribution in [-0.4, -0.2) is 46.4 Å². The molecular weight excluding hydrogens is 402 g/mol. The number of amides is 1. The summed E-state index contributed by atoms with van der Waals surface area (Å²) in [5.74, 6) is 0.511. The summed E-state index contributed by atoms with van der Waals surface area (Å²) in [6, 6.07) is 9.72. The Labute approximate surface area is 188 Å². The lowest BCUT2D eigenvalue weighted by Gasteiger charge is -2.26. The fourth-order valence-electron chi connectivity index (χ4n) is 4.40. The Balaban J connectivity index is 1.56. The lowest BCUT2D eigenvalue weighted by molar-refractivity contribution is 0.0962. The van der Waals surface area contributed by atoms with Crippen molar-refractivity contribution >= 4 is 12.2 Å². The number of H-pyrrole nitrogens is 1. The fourth-order valence-corrected chi connectivity index (χ4v) is 4.40. The number of aldehydes is 1.